The van der Waals surface area contributed by atoms with Gasteiger partial charge in [0, 0.05) is 5.25 Å². The van der Waals surface area contributed by atoms with Crippen LogP contribution in [0.25, 0.3) is 0 Å². The molecule has 0 saturated heterocycles. The number of hydrogen-bond acceptors (Lipinski definition) is 2. The maximum absolute atomic E-state index is 11.7. The zero-order chi connectivity index (χ0) is 7.56. The van der Waals surface area contributed by atoms with E-state index in [1.165, 1.54) is 0 Å². The van der Waals surface area contributed by atoms with Crippen LogP contribution in [0.5, 0.6) is 0 Å². The lowest BCUT2D eigenvalue weighted by Crippen LogP contribution is -2.32. The van der Waals surface area contributed by atoms with Crippen molar-refractivity contribution in [2.75, 3.05) is 6.54 Å². The average molecular weight is 204 g/mol. The van der Waals surface area contributed by atoms with Crippen molar-refractivity contribution in [1.29, 1.82) is 0 Å². The normalized spacial score (nSPS) is 29.5. The Kier molecular flexibility index (Phi) is 5.38. The Morgan fingerprint density at radius 2 is 2.00 bits per heavy atom. The lowest BCUT2D eigenvalue weighted by Gasteiger charge is -2.33. The van der Waals surface area contributed by atoms with E-state index in [1.807, 2.05) is 0 Å². The third kappa shape index (κ3) is 3.58. The van der Waals surface area contributed by atoms with Crippen LogP contribution in [0.1, 0.15) is 12.8 Å². The van der Waals surface area contributed by atoms with Crippen LogP contribution in [0.3, 0.4) is 0 Å². The van der Waals surface area contributed by atoms with E-state index < -0.39 is 5.76 Å². The van der Waals surface area contributed by atoms with Crippen molar-refractivity contribution in [3.8, 4) is 0 Å². The van der Waals surface area contributed by atoms with E-state index in [9.17, 15) is 8.78 Å². The van der Waals surface area contributed by atoms with Gasteiger partial charge in [0.05, 0.1) is 0 Å². The number of thioether (sulfide) groups is 1. The monoisotopic (exact) mass is 203 g/mol. The first-order valence-corrected chi connectivity index (χ1v) is 4.30. The second kappa shape index (κ2) is 5.17. The molecule has 1 aliphatic carbocycles. The molecule has 68 valence electrons. The van der Waals surface area contributed by atoms with E-state index in [2.05, 4.69) is 0 Å². The highest BCUT2D eigenvalue weighted by Crippen LogP contribution is 2.38. The summed E-state index contributed by atoms with van der Waals surface area (Å²) in [5, 5.41) is 0.175. The van der Waals surface area contributed by atoms with Gasteiger partial charge in [0.15, 0.2) is 0 Å². The van der Waals surface area contributed by atoms with Gasteiger partial charge >= 0.3 is 0 Å². The van der Waals surface area contributed by atoms with Crippen molar-refractivity contribution >= 4 is 24.2 Å². The molecule has 5 heteroatoms. The van der Waals surface area contributed by atoms with Gasteiger partial charge in [-0.05, 0) is 25.3 Å². The fourth-order valence-corrected chi connectivity index (χ4v) is 2.18. The molecule has 0 unspecified atom stereocenters. The molecule has 1 rings (SSSR count). The SMILES string of the molecule is Cl.NCC1CC(SC(F)F)C1. The quantitative estimate of drug-likeness (QED) is 0.761. The largest absolute Gasteiger partial charge is 0.330 e. The maximum atomic E-state index is 11.7. The van der Waals surface area contributed by atoms with Gasteiger partial charge in [-0.25, -0.2) is 0 Å². The summed E-state index contributed by atoms with van der Waals surface area (Å²) in [6, 6.07) is 0. The Bertz CT molecular complexity index is 109. The van der Waals surface area contributed by atoms with E-state index in [0.717, 1.165) is 24.6 Å². The summed E-state index contributed by atoms with van der Waals surface area (Å²) in [6.07, 6.45) is 1.76. The molecule has 1 fully saturated rings. The highest BCUT2D eigenvalue weighted by molar-refractivity contribution is 8.00. The molecular formula is C6H12ClF2NS. The van der Waals surface area contributed by atoms with Gasteiger partial charge in [0.2, 0.25) is 0 Å². The molecule has 0 aromatic carbocycles. The van der Waals surface area contributed by atoms with Crippen LogP contribution in [-0.4, -0.2) is 17.6 Å². The summed E-state index contributed by atoms with van der Waals surface area (Å²) in [5.41, 5.74) is 5.33. The first-order chi connectivity index (χ1) is 4.72. The second-order valence-corrected chi connectivity index (χ2v) is 3.89. The Balaban J connectivity index is 0.000001000. The number of alkyl halides is 2. The zero-order valence-corrected chi connectivity index (χ0v) is 7.64. The zero-order valence-electron chi connectivity index (χ0n) is 6.00. The van der Waals surface area contributed by atoms with Gasteiger partial charge in [-0.15, -0.1) is 12.4 Å². The molecule has 0 atom stereocenters. The highest BCUT2D eigenvalue weighted by atomic mass is 35.5. The van der Waals surface area contributed by atoms with Gasteiger partial charge in [0.25, 0.3) is 5.76 Å². The first-order valence-electron chi connectivity index (χ1n) is 3.36. The molecule has 2 N–H and O–H groups in total. The molecule has 0 amide bonds. The second-order valence-electron chi connectivity index (χ2n) is 2.59. The third-order valence-electron chi connectivity index (χ3n) is 1.82. The number of halogens is 3. The minimum absolute atomic E-state index is 0. The molecule has 1 aliphatic rings. The third-order valence-corrected chi connectivity index (χ3v) is 2.80. The predicted octanol–water partition coefficient (Wildman–Crippen LogP) is 2.10. The molecule has 0 aromatic heterocycles. The summed E-state index contributed by atoms with van der Waals surface area (Å²) in [6.45, 7) is 0.653. The fourth-order valence-electron chi connectivity index (χ4n) is 1.12. The lowest BCUT2D eigenvalue weighted by molar-refractivity contribution is 0.245. The highest BCUT2D eigenvalue weighted by Gasteiger charge is 2.30. The van der Waals surface area contributed by atoms with Crippen LogP contribution < -0.4 is 5.73 Å². The average Bonchev–Trinajstić information content (AvgIpc) is 1.76. The van der Waals surface area contributed by atoms with Crippen LogP contribution in [0, 0.1) is 5.92 Å². The van der Waals surface area contributed by atoms with E-state index >= 15 is 0 Å². The van der Waals surface area contributed by atoms with Gasteiger partial charge in [0.1, 0.15) is 0 Å². The minimum atomic E-state index is -2.20. The van der Waals surface area contributed by atoms with E-state index in [4.69, 9.17) is 5.73 Å². The van der Waals surface area contributed by atoms with Crippen molar-refractivity contribution in [1.82, 2.24) is 0 Å². The van der Waals surface area contributed by atoms with Crippen LogP contribution in [0.2, 0.25) is 0 Å². The lowest BCUT2D eigenvalue weighted by atomic mass is 9.85. The van der Waals surface area contributed by atoms with Crippen molar-refractivity contribution < 1.29 is 8.78 Å². The number of nitrogens with two attached hydrogens (primary N) is 1. The molecule has 0 bridgehead atoms. The summed E-state index contributed by atoms with van der Waals surface area (Å²) in [5.74, 6) is -1.69. The van der Waals surface area contributed by atoms with Crippen molar-refractivity contribution in [3.63, 3.8) is 0 Å². The van der Waals surface area contributed by atoms with Crippen LogP contribution >= 0.6 is 24.2 Å². The molecule has 1 saturated carbocycles. The molecule has 0 aromatic rings. The van der Waals surface area contributed by atoms with Crippen molar-refractivity contribution in [3.05, 3.63) is 0 Å². The topological polar surface area (TPSA) is 26.0 Å². The van der Waals surface area contributed by atoms with Crippen molar-refractivity contribution in [2.24, 2.45) is 11.7 Å². The summed E-state index contributed by atoms with van der Waals surface area (Å²) < 4.78 is 23.3. The fraction of sp³-hybridized carbons (Fsp3) is 1.00. The van der Waals surface area contributed by atoms with E-state index in [1.54, 1.807) is 0 Å². The maximum Gasteiger partial charge on any atom is 0.284 e. The first kappa shape index (κ1) is 11.5. The molecule has 0 heterocycles. The van der Waals surface area contributed by atoms with Gasteiger partial charge in [-0.2, -0.15) is 8.78 Å². The van der Waals surface area contributed by atoms with Gasteiger partial charge in [-0.1, -0.05) is 11.8 Å². The van der Waals surface area contributed by atoms with E-state index in [-0.39, 0.29) is 17.7 Å². The summed E-state index contributed by atoms with van der Waals surface area (Å²) in [4.78, 5) is 0. The number of hydrogen-bond donors (Lipinski definition) is 1. The molecule has 0 spiro atoms. The standard InChI is InChI=1S/C6H11F2NS.ClH/c7-6(8)10-5-1-4(2-5)3-9;/h4-6H,1-3,9H2;1H. The van der Waals surface area contributed by atoms with Crippen LogP contribution in [0.15, 0.2) is 0 Å². The summed E-state index contributed by atoms with van der Waals surface area (Å²) >= 11 is 0.771. The molecular weight excluding hydrogens is 192 g/mol. The Hall–Kier alpha value is 0.460. The van der Waals surface area contributed by atoms with Gasteiger partial charge in [-0.3, -0.25) is 0 Å². The Labute approximate surface area is 75.5 Å². The minimum Gasteiger partial charge on any atom is -0.330 e. The number of rotatable bonds is 3. The van der Waals surface area contributed by atoms with Crippen molar-refractivity contribution in [2.45, 2.75) is 23.8 Å². The molecule has 0 aliphatic heterocycles. The molecule has 0 radical (unpaired) electrons. The Morgan fingerprint density at radius 1 is 1.45 bits per heavy atom. The van der Waals surface area contributed by atoms with Crippen LogP contribution in [-0.2, 0) is 0 Å². The Morgan fingerprint density at radius 3 is 2.36 bits per heavy atom. The van der Waals surface area contributed by atoms with E-state index in [0.29, 0.717) is 12.5 Å². The van der Waals surface area contributed by atoms with Crippen LogP contribution in [0.4, 0.5) is 8.78 Å². The molecule has 11 heavy (non-hydrogen) atoms. The molecule has 1 nitrogen and oxygen atoms in total. The predicted molar refractivity (Wildman–Crippen MR) is 46.4 cm³/mol. The summed E-state index contributed by atoms with van der Waals surface area (Å²) in [7, 11) is 0. The smallest absolute Gasteiger partial charge is 0.284 e. The van der Waals surface area contributed by atoms with Gasteiger partial charge < -0.3 is 5.73 Å².